The Labute approximate surface area is 160 Å². The number of aromatic nitrogens is 2. The molecule has 3 heterocycles. The molecular formula is C19H19FN4O2S. The van der Waals surface area contributed by atoms with Crippen molar-refractivity contribution in [3.63, 3.8) is 0 Å². The second-order valence-corrected chi connectivity index (χ2v) is 7.51. The van der Waals surface area contributed by atoms with Crippen LogP contribution in [0.4, 0.5) is 10.1 Å². The summed E-state index contributed by atoms with van der Waals surface area (Å²) >= 11 is 1.56. The van der Waals surface area contributed by atoms with Gasteiger partial charge < -0.3 is 9.73 Å². The summed E-state index contributed by atoms with van der Waals surface area (Å²) < 4.78 is 19.0. The summed E-state index contributed by atoms with van der Waals surface area (Å²) in [5.74, 6) is 0.459. The average Bonchev–Trinajstić information content (AvgIpc) is 3.36. The summed E-state index contributed by atoms with van der Waals surface area (Å²) in [7, 11) is 0. The zero-order chi connectivity index (χ0) is 18.6. The van der Waals surface area contributed by atoms with Crippen LogP contribution in [0.5, 0.6) is 0 Å². The van der Waals surface area contributed by atoms with Gasteiger partial charge in [-0.05, 0) is 50.2 Å². The van der Waals surface area contributed by atoms with Crippen LogP contribution in [-0.2, 0) is 4.79 Å². The van der Waals surface area contributed by atoms with Gasteiger partial charge in [-0.15, -0.1) is 10.2 Å². The van der Waals surface area contributed by atoms with Crippen LogP contribution in [0.15, 0.2) is 47.1 Å². The number of carbonyl (C=O) groups is 1. The summed E-state index contributed by atoms with van der Waals surface area (Å²) in [4.78, 5) is 14.3. The molecule has 3 aromatic rings. The molecule has 6 nitrogen and oxygen atoms in total. The molecule has 0 saturated carbocycles. The number of anilines is 1. The Bertz CT molecular complexity index is 904. The second kappa shape index (κ2) is 7.98. The van der Waals surface area contributed by atoms with Crippen molar-refractivity contribution in [1.29, 1.82) is 0 Å². The van der Waals surface area contributed by atoms with Gasteiger partial charge in [0.2, 0.25) is 5.91 Å². The Morgan fingerprint density at radius 2 is 2.04 bits per heavy atom. The SMILES string of the molecule is O=C(CN1CCC(c2nnc(-c3ccco3)s2)CC1)Nc1ccccc1F. The predicted octanol–water partition coefficient (Wildman–Crippen LogP) is 3.76. The molecule has 8 heteroatoms. The summed E-state index contributed by atoms with van der Waals surface area (Å²) in [6.07, 6.45) is 3.46. The van der Waals surface area contributed by atoms with E-state index in [-0.39, 0.29) is 18.1 Å². The lowest BCUT2D eigenvalue weighted by atomic mass is 9.98. The van der Waals surface area contributed by atoms with Crippen molar-refractivity contribution in [1.82, 2.24) is 15.1 Å². The third-order valence-electron chi connectivity index (χ3n) is 4.62. The summed E-state index contributed by atoms with van der Waals surface area (Å²) in [5.41, 5.74) is 0.219. The van der Waals surface area contributed by atoms with Gasteiger partial charge in [0.1, 0.15) is 10.8 Å². The van der Waals surface area contributed by atoms with Gasteiger partial charge in [0.15, 0.2) is 10.8 Å². The van der Waals surface area contributed by atoms with Crippen LogP contribution in [0.3, 0.4) is 0 Å². The minimum atomic E-state index is -0.423. The molecule has 1 aliphatic heterocycles. The van der Waals surface area contributed by atoms with Gasteiger partial charge >= 0.3 is 0 Å². The minimum Gasteiger partial charge on any atom is -0.462 e. The first kappa shape index (κ1) is 17.8. The van der Waals surface area contributed by atoms with Crippen LogP contribution >= 0.6 is 11.3 Å². The van der Waals surface area contributed by atoms with Crippen LogP contribution in [-0.4, -0.2) is 40.6 Å². The summed E-state index contributed by atoms with van der Waals surface area (Å²) in [5, 5.41) is 13.0. The largest absolute Gasteiger partial charge is 0.462 e. The van der Waals surface area contributed by atoms with Gasteiger partial charge in [0.25, 0.3) is 0 Å². The number of piperidine rings is 1. The predicted molar refractivity (Wildman–Crippen MR) is 101 cm³/mol. The molecule has 0 spiro atoms. The van der Waals surface area contributed by atoms with Crippen molar-refractivity contribution in [3.05, 3.63) is 53.5 Å². The van der Waals surface area contributed by atoms with Crippen molar-refractivity contribution >= 4 is 22.9 Å². The number of para-hydroxylation sites is 1. The van der Waals surface area contributed by atoms with Gasteiger partial charge in [-0.2, -0.15) is 0 Å². The van der Waals surface area contributed by atoms with Crippen molar-refractivity contribution in [2.75, 3.05) is 25.0 Å². The number of rotatable bonds is 5. The number of amides is 1. The lowest BCUT2D eigenvalue weighted by Gasteiger charge is -2.30. The number of hydrogen-bond acceptors (Lipinski definition) is 6. The highest BCUT2D eigenvalue weighted by Gasteiger charge is 2.25. The van der Waals surface area contributed by atoms with E-state index in [0.29, 0.717) is 5.92 Å². The topological polar surface area (TPSA) is 71.3 Å². The van der Waals surface area contributed by atoms with Crippen molar-refractivity contribution in [3.8, 4) is 10.8 Å². The van der Waals surface area contributed by atoms with E-state index in [1.807, 2.05) is 12.1 Å². The third kappa shape index (κ3) is 4.23. The molecule has 1 saturated heterocycles. The molecule has 1 aliphatic rings. The fraction of sp³-hybridized carbons (Fsp3) is 0.316. The number of furan rings is 1. The van der Waals surface area contributed by atoms with Crippen LogP contribution < -0.4 is 5.32 Å². The zero-order valence-electron chi connectivity index (χ0n) is 14.6. The van der Waals surface area contributed by atoms with E-state index in [1.54, 1.807) is 35.8 Å². The second-order valence-electron chi connectivity index (χ2n) is 6.50. The lowest BCUT2D eigenvalue weighted by Crippen LogP contribution is -2.38. The summed E-state index contributed by atoms with van der Waals surface area (Å²) in [6.45, 7) is 1.85. The van der Waals surface area contributed by atoms with Crippen LogP contribution in [0.25, 0.3) is 10.8 Å². The number of nitrogens with one attached hydrogen (secondary N) is 1. The molecule has 0 atom stereocenters. The highest BCUT2D eigenvalue weighted by Crippen LogP contribution is 2.33. The molecular weight excluding hydrogens is 367 g/mol. The summed E-state index contributed by atoms with van der Waals surface area (Å²) in [6, 6.07) is 9.90. The lowest BCUT2D eigenvalue weighted by molar-refractivity contribution is -0.117. The van der Waals surface area contributed by atoms with E-state index in [9.17, 15) is 9.18 Å². The van der Waals surface area contributed by atoms with E-state index in [4.69, 9.17) is 4.42 Å². The van der Waals surface area contributed by atoms with E-state index < -0.39 is 5.82 Å². The first-order chi connectivity index (χ1) is 13.2. The molecule has 4 rings (SSSR count). The van der Waals surface area contributed by atoms with Crippen molar-refractivity contribution < 1.29 is 13.6 Å². The number of halogens is 1. The van der Waals surface area contributed by atoms with Crippen LogP contribution in [0.1, 0.15) is 23.8 Å². The molecule has 1 N–H and O–H groups in total. The Hall–Kier alpha value is -2.58. The van der Waals surface area contributed by atoms with E-state index in [2.05, 4.69) is 20.4 Å². The molecule has 0 aliphatic carbocycles. The third-order valence-corrected chi connectivity index (χ3v) is 5.72. The van der Waals surface area contributed by atoms with Gasteiger partial charge in [-0.25, -0.2) is 4.39 Å². The molecule has 1 amide bonds. The first-order valence-electron chi connectivity index (χ1n) is 8.83. The fourth-order valence-electron chi connectivity index (χ4n) is 3.19. The number of hydrogen-bond donors (Lipinski definition) is 1. The molecule has 27 heavy (non-hydrogen) atoms. The molecule has 0 bridgehead atoms. The number of benzene rings is 1. The maximum absolute atomic E-state index is 13.6. The first-order valence-corrected chi connectivity index (χ1v) is 9.64. The number of likely N-dealkylation sites (tertiary alicyclic amines) is 1. The highest BCUT2D eigenvalue weighted by molar-refractivity contribution is 7.14. The Morgan fingerprint density at radius 1 is 1.22 bits per heavy atom. The van der Waals surface area contributed by atoms with Gasteiger partial charge in [0, 0.05) is 5.92 Å². The van der Waals surface area contributed by atoms with Gasteiger partial charge in [-0.3, -0.25) is 9.69 Å². The molecule has 140 valence electrons. The zero-order valence-corrected chi connectivity index (χ0v) is 15.4. The van der Waals surface area contributed by atoms with Crippen LogP contribution in [0.2, 0.25) is 0 Å². The number of nitrogens with zero attached hydrogens (tertiary/aromatic N) is 3. The van der Waals surface area contributed by atoms with Crippen LogP contribution in [0, 0.1) is 5.82 Å². The number of carbonyl (C=O) groups excluding carboxylic acids is 1. The Balaban J connectivity index is 1.29. The van der Waals surface area contributed by atoms with E-state index in [1.165, 1.54) is 6.07 Å². The van der Waals surface area contributed by atoms with Gasteiger partial charge in [-0.1, -0.05) is 23.5 Å². The molecule has 1 fully saturated rings. The quantitative estimate of drug-likeness (QED) is 0.723. The fourth-order valence-corrected chi connectivity index (χ4v) is 4.17. The van der Waals surface area contributed by atoms with E-state index in [0.717, 1.165) is 41.7 Å². The van der Waals surface area contributed by atoms with Crippen molar-refractivity contribution in [2.24, 2.45) is 0 Å². The minimum absolute atomic E-state index is 0.199. The maximum atomic E-state index is 13.6. The molecule has 2 aromatic heterocycles. The molecule has 1 aromatic carbocycles. The van der Waals surface area contributed by atoms with E-state index >= 15 is 0 Å². The molecule has 0 unspecified atom stereocenters. The smallest absolute Gasteiger partial charge is 0.238 e. The maximum Gasteiger partial charge on any atom is 0.238 e. The highest BCUT2D eigenvalue weighted by atomic mass is 32.1. The van der Waals surface area contributed by atoms with Crippen molar-refractivity contribution in [2.45, 2.75) is 18.8 Å². The Morgan fingerprint density at radius 3 is 2.78 bits per heavy atom. The monoisotopic (exact) mass is 386 g/mol. The average molecular weight is 386 g/mol. The Kier molecular flexibility index (Phi) is 5.26. The van der Waals surface area contributed by atoms with Gasteiger partial charge in [0.05, 0.1) is 18.5 Å². The molecule has 0 radical (unpaired) electrons. The normalized spacial score (nSPS) is 15.7. The standard InChI is InChI=1S/C19H19FN4O2S/c20-14-4-1-2-5-15(14)21-17(25)12-24-9-7-13(8-10-24)18-22-23-19(27-18)16-6-3-11-26-16/h1-6,11,13H,7-10,12H2,(H,21,25).